The number of hydrogen-bond acceptors (Lipinski definition) is 4. The van der Waals surface area contributed by atoms with Crippen LogP contribution in [-0.2, 0) is 14.3 Å². The van der Waals surface area contributed by atoms with Crippen molar-refractivity contribution in [3.8, 4) is 0 Å². The summed E-state index contributed by atoms with van der Waals surface area (Å²) in [5.74, 6) is 0.762. The van der Waals surface area contributed by atoms with E-state index >= 15 is 0 Å². The summed E-state index contributed by atoms with van der Waals surface area (Å²) in [4.78, 5) is 22.5. The molecule has 0 radical (unpaired) electrons. The van der Waals surface area contributed by atoms with Crippen LogP contribution in [0.3, 0.4) is 0 Å². The number of carbonyl (C=O) groups is 2. The third kappa shape index (κ3) is 15.4. The van der Waals surface area contributed by atoms with Gasteiger partial charge in [0.15, 0.2) is 0 Å². The molecule has 0 aliphatic carbocycles. The first-order valence-electron chi connectivity index (χ1n) is 8.09. The SMILES string of the molecule is CCSC(=O)/C=C/CCCCCCCCC(=O)OC(C)C. The Morgan fingerprint density at radius 3 is 2.29 bits per heavy atom. The van der Waals surface area contributed by atoms with Crippen molar-refractivity contribution < 1.29 is 14.3 Å². The van der Waals surface area contributed by atoms with Crippen molar-refractivity contribution in [2.45, 2.75) is 78.2 Å². The molecule has 21 heavy (non-hydrogen) atoms. The zero-order valence-corrected chi connectivity index (χ0v) is 14.5. The summed E-state index contributed by atoms with van der Waals surface area (Å²) < 4.78 is 5.08. The molecule has 0 rings (SSSR count). The molecule has 0 saturated heterocycles. The number of thioether (sulfide) groups is 1. The van der Waals surface area contributed by atoms with E-state index in [4.69, 9.17) is 4.74 Å². The highest BCUT2D eigenvalue weighted by Gasteiger charge is 2.04. The minimum Gasteiger partial charge on any atom is -0.463 e. The van der Waals surface area contributed by atoms with Crippen LogP contribution in [0.2, 0.25) is 0 Å². The molecule has 0 aliphatic rings. The van der Waals surface area contributed by atoms with Gasteiger partial charge in [0.2, 0.25) is 5.12 Å². The molecule has 0 heterocycles. The quantitative estimate of drug-likeness (QED) is 0.292. The van der Waals surface area contributed by atoms with Crippen molar-refractivity contribution in [2.75, 3.05) is 5.75 Å². The summed E-state index contributed by atoms with van der Waals surface area (Å²) in [6.07, 6.45) is 11.9. The van der Waals surface area contributed by atoms with E-state index in [1.54, 1.807) is 6.08 Å². The number of hydrogen-bond donors (Lipinski definition) is 0. The van der Waals surface area contributed by atoms with Gasteiger partial charge < -0.3 is 4.74 Å². The van der Waals surface area contributed by atoms with Crippen LogP contribution in [0.5, 0.6) is 0 Å². The Labute approximate surface area is 133 Å². The molecule has 0 aromatic heterocycles. The second-order valence-electron chi connectivity index (χ2n) is 5.35. The van der Waals surface area contributed by atoms with E-state index in [9.17, 15) is 9.59 Å². The molecule has 0 bridgehead atoms. The Hall–Kier alpha value is -0.770. The van der Waals surface area contributed by atoms with Gasteiger partial charge in [0.25, 0.3) is 0 Å². The fourth-order valence-electron chi connectivity index (χ4n) is 1.93. The van der Waals surface area contributed by atoms with Gasteiger partial charge in [-0.1, -0.05) is 50.4 Å². The molecule has 0 N–H and O–H groups in total. The van der Waals surface area contributed by atoms with Gasteiger partial charge in [-0.25, -0.2) is 0 Å². The van der Waals surface area contributed by atoms with Crippen LogP contribution < -0.4 is 0 Å². The Morgan fingerprint density at radius 2 is 1.67 bits per heavy atom. The lowest BCUT2D eigenvalue weighted by molar-refractivity contribution is -0.147. The van der Waals surface area contributed by atoms with E-state index < -0.39 is 0 Å². The maximum Gasteiger partial charge on any atom is 0.306 e. The van der Waals surface area contributed by atoms with Crippen LogP contribution in [0.4, 0.5) is 0 Å². The molecule has 0 aliphatic heterocycles. The number of allylic oxidation sites excluding steroid dienone is 1. The highest BCUT2D eigenvalue weighted by atomic mass is 32.2. The highest BCUT2D eigenvalue weighted by Crippen LogP contribution is 2.10. The molecule has 0 aromatic carbocycles. The third-order valence-corrected chi connectivity index (χ3v) is 3.62. The second kappa shape index (κ2) is 14.2. The first-order valence-corrected chi connectivity index (χ1v) is 9.07. The zero-order valence-electron chi connectivity index (χ0n) is 13.7. The first-order chi connectivity index (χ1) is 10.1. The van der Waals surface area contributed by atoms with Crippen LogP contribution in [0.25, 0.3) is 0 Å². The fraction of sp³-hybridized carbons (Fsp3) is 0.765. The standard InChI is InChI=1S/C17H30O3S/c1-4-21-17(19)14-12-10-8-6-5-7-9-11-13-16(18)20-15(2)3/h12,14-15H,4-11,13H2,1-3H3/b14-12+. The fourth-order valence-corrected chi connectivity index (χ4v) is 2.41. The number of unbranched alkanes of at least 4 members (excludes halogenated alkanes) is 6. The largest absolute Gasteiger partial charge is 0.463 e. The molecular formula is C17H30O3S. The molecule has 3 nitrogen and oxygen atoms in total. The summed E-state index contributed by atoms with van der Waals surface area (Å²) in [6, 6.07) is 0. The van der Waals surface area contributed by atoms with Gasteiger partial charge >= 0.3 is 5.97 Å². The maximum atomic E-state index is 11.3. The molecule has 0 unspecified atom stereocenters. The van der Waals surface area contributed by atoms with Crippen LogP contribution in [0, 0.1) is 0 Å². The van der Waals surface area contributed by atoms with E-state index in [1.165, 1.54) is 31.0 Å². The minimum atomic E-state index is -0.0789. The number of esters is 1. The van der Waals surface area contributed by atoms with Gasteiger partial charge in [-0.3, -0.25) is 9.59 Å². The Kier molecular flexibility index (Phi) is 13.7. The monoisotopic (exact) mass is 314 g/mol. The highest BCUT2D eigenvalue weighted by molar-refractivity contribution is 8.14. The molecule has 0 amide bonds. The third-order valence-electron chi connectivity index (χ3n) is 2.91. The normalized spacial score (nSPS) is 11.2. The van der Waals surface area contributed by atoms with E-state index in [2.05, 4.69) is 0 Å². The van der Waals surface area contributed by atoms with E-state index in [0.29, 0.717) is 6.42 Å². The van der Waals surface area contributed by atoms with Crippen molar-refractivity contribution in [3.05, 3.63) is 12.2 Å². The Balaban J connectivity index is 3.30. The number of carbonyl (C=O) groups excluding carboxylic acids is 2. The molecule has 0 atom stereocenters. The Morgan fingerprint density at radius 1 is 1.05 bits per heavy atom. The average molecular weight is 314 g/mol. The summed E-state index contributed by atoms with van der Waals surface area (Å²) in [5, 5.41) is 0.158. The van der Waals surface area contributed by atoms with Gasteiger partial charge in [-0.05, 0) is 44.9 Å². The van der Waals surface area contributed by atoms with Crippen LogP contribution in [0.15, 0.2) is 12.2 Å². The minimum absolute atomic E-state index is 0.00633. The lowest BCUT2D eigenvalue weighted by Gasteiger charge is -2.07. The molecule has 122 valence electrons. The predicted molar refractivity (Wildman–Crippen MR) is 90.4 cm³/mol. The molecule has 0 aromatic rings. The van der Waals surface area contributed by atoms with Crippen LogP contribution in [0.1, 0.15) is 72.1 Å². The smallest absolute Gasteiger partial charge is 0.306 e. The maximum absolute atomic E-state index is 11.3. The summed E-state index contributed by atoms with van der Waals surface area (Å²) in [7, 11) is 0. The molecule has 4 heteroatoms. The average Bonchev–Trinajstić information content (AvgIpc) is 2.40. The molecule has 0 spiro atoms. The molecular weight excluding hydrogens is 284 g/mol. The van der Waals surface area contributed by atoms with Crippen molar-refractivity contribution >= 4 is 22.8 Å². The van der Waals surface area contributed by atoms with Gasteiger partial charge in [-0.15, -0.1) is 0 Å². The van der Waals surface area contributed by atoms with Gasteiger partial charge in [0.1, 0.15) is 0 Å². The zero-order chi connectivity index (χ0) is 15.9. The van der Waals surface area contributed by atoms with E-state index in [0.717, 1.165) is 31.4 Å². The predicted octanol–water partition coefficient (Wildman–Crippen LogP) is 4.89. The molecule has 0 saturated carbocycles. The van der Waals surface area contributed by atoms with Crippen LogP contribution in [-0.4, -0.2) is 22.9 Å². The van der Waals surface area contributed by atoms with Crippen molar-refractivity contribution in [1.29, 1.82) is 0 Å². The number of rotatable bonds is 12. The lowest BCUT2D eigenvalue weighted by atomic mass is 10.1. The first kappa shape index (κ1) is 20.2. The van der Waals surface area contributed by atoms with Gasteiger partial charge in [0.05, 0.1) is 6.10 Å². The lowest BCUT2D eigenvalue weighted by Crippen LogP contribution is -2.10. The Bertz CT molecular complexity index is 311. The van der Waals surface area contributed by atoms with E-state index in [1.807, 2.05) is 26.8 Å². The van der Waals surface area contributed by atoms with Gasteiger partial charge in [0, 0.05) is 6.42 Å². The summed E-state index contributed by atoms with van der Waals surface area (Å²) in [5.41, 5.74) is 0. The number of ether oxygens (including phenoxy) is 1. The van der Waals surface area contributed by atoms with Crippen LogP contribution >= 0.6 is 11.8 Å². The van der Waals surface area contributed by atoms with E-state index in [-0.39, 0.29) is 17.2 Å². The summed E-state index contributed by atoms with van der Waals surface area (Å²) >= 11 is 1.35. The topological polar surface area (TPSA) is 43.4 Å². The van der Waals surface area contributed by atoms with Crippen molar-refractivity contribution in [1.82, 2.24) is 0 Å². The van der Waals surface area contributed by atoms with Gasteiger partial charge in [-0.2, -0.15) is 0 Å². The van der Waals surface area contributed by atoms with Crippen molar-refractivity contribution in [3.63, 3.8) is 0 Å². The summed E-state index contributed by atoms with van der Waals surface area (Å²) in [6.45, 7) is 5.74. The second-order valence-corrected chi connectivity index (χ2v) is 6.62. The van der Waals surface area contributed by atoms with Crippen molar-refractivity contribution in [2.24, 2.45) is 0 Å². The molecule has 0 fully saturated rings.